The summed E-state index contributed by atoms with van der Waals surface area (Å²) in [7, 11) is 2.08. The van der Waals surface area contributed by atoms with Crippen LogP contribution in [0, 0.1) is 11.8 Å². The van der Waals surface area contributed by atoms with Gasteiger partial charge in [0.1, 0.15) is 17.8 Å². The molecule has 3 N–H and O–H groups in total. The van der Waals surface area contributed by atoms with Crippen molar-refractivity contribution in [3.63, 3.8) is 0 Å². The monoisotopic (exact) mass is 392 g/mol. The molecule has 0 aromatic carbocycles. The van der Waals surface area contributed by atoms with Crippen molar-refractivity contribution in [3.05, 3.63) is 18.6 Å². The van der Waals surface area contributed by atoms with Gasteiger partial charge in [-0.3, -0.25) is 9.35 Å². The Morgan fingerprint density at radius 3 is 2.78 bits per heavy atom. The average Bonchev–Trinajstić information content (AvgIpc) is 3.33. The summed E-state index contributed by atoms with van der Waals surface area (Å²) in [5.41, 5.74) is 0.838. The number of fused-ring (bicyclic) bond motifs is 2. The highest BCUT2D eigenvalue weighted by molar-refractivity contribution is 7.77. The van der Waals surface area contributed by atoms with E-state index in [1.807, 2.05) is 17.2 Å². The van der Waals surface area contributed by atoms with Crippen LogP contribution in [0.2, 0.25) is 0 Å². The van der Waals surface area contributed by atoms with Gasteiger partial charge in [-0.05, 0) is 37.7 Å². The van der Waals surface area contributed by atoms with Crippen molar-refractivity contribution in [1.29, 1.82) is 0 Å². The van der Waals surface area contributed by atoms with Crippen LogP contribution < -0.4 is 9.62 Å². The Hall–Kier alpha value is -2.04. The van der Waals surface area contributed by atoms with Crippen LogP contribution in [0.25, 0.3) is 11.0 Å². The van der Waals surface area contributed by atoms with E-state index < -0.39 is 17.3 Å². The molecule has 2 aromatic rings. The fourth-order valence-corrected chi connectivity index (χ4v) is 4.96. The number of likely N-dealkylation sites (tertiary alicyclic amines) is 1. The molecule has 0 radical (unpaired) electrons. The Balaban J connectivity index is 1.40. The second-order valence-electron chi connectivity index (χ2n) is 7.53. The van der Waals surface area contributed by atoms with E-state index in [-0.39, 0.29) is 5.91 Å². The lowest BCUT2D eigenvalue weighted by molar-refractivity contribution is -0.131. The first kappa shape index (κ1) is 18.3. The maximum Gasteiger partial charge on any atom is 0.240 e. The van der Waals surface area contributed by atoms with Gasteiger partial charge in [-0.1, -0.05) is 0 Å². The van der Waals surface area contributed by atoms with Gasteiger partial charge in [0.05, 0.1) is 11.4 Å². The number of nitrogens with one attached hydrogen (secondary N) is 2. The van der Waals surface area contributed by atoms with Crippen LogP contribution in [0.4, 0.5) is 5.82 Å². The summed E-state index contributed by atoms with van der Waals surface area (Å²) in [4.78, 5) is 28.4. The van der Waals surface area contributed by atoms with Gasteiger partial charge in [-0.2, -0.15) is 0 Å². The van der Waals surface area contributed by atoms with E-state index in [4.69, 9.17) is 4.55 Å². The van der Waals surface area contributed by atoms with Gasteiger partial charge in [0.2, 0.25) is 17.2 Å². The topological polar surface area (TPSA) is 114 Å². The fourth-order valence-electron chi connectivity index (χ4n) is 4.55. The highest BCUT2D eigenvalue weighted by Gasteiger charge is 2.44. The molecule has 5 atom stereocenters. The van der Waals surface area contributed by atoms with Crippen LogP contribution in [-0.2, 0) is 16.1 Å². The third-order valence-corrected chi connectivity index (χ3v) is 6.46. The van der Waals surface area contributed by atoms with E-state index in [1.165, 1.54) is 0 Å². The fraction of sp³-hybridized carbons (Fsp3) is 0.588. The SMILES string of the molecule is C[C@@H](NS(=O)O)C(=O)N1CC2CC(N(C)c3ncnc4[nH]ccc34)C[C@@H]2C1. The molecule has 1 aliphatic carbocycles. The molecule has 27 heavy (non-hydrogen) atoms. The maximum absolute atomic E-state index is 12.5. The molecule has 1 saturated carbocycles. The van der Waals surface area contributed by atoms with Crippen LogP contribution in [0.3, 0.4) is 0 Å². The first-order chi connectivity index (χ1) is 12.9. The third-order valence-electron chi connectivity index (χ3n) is 5.90. The summed E-state index contributed by atoms with van der Waals surface area (Å²) < 4.78 is 22.1. The van der Waals surface area contributed by atoms with E-state index in [0.717, 1.165) is 29.7 Å². The molecule has 0 bridgehead atoms. The summed E-state index contributed by atoms with van der Waals surface area (Å²) in [6.45, 7) is 3.04. The molecular formula is C17H24N6O3S. The molecular weight excluding hydrogens is 368 g/mol. The normalized spacial score (nSPS) is 26.9. The predicted molar refractivity (Wildman–Crippen MR) is 102 cm³/mol. The number of carbonyl (C=O) groups is 1. The Morgan fingerprint density at radius 2 is 2.11 bits per heavy atom. The lowest BCUT2D eigenvalue weighted by Crippen LogP contribution is -2.45. The first-order valence-corrected chi connectivity index (χ1v) is 10.2. The zero-order valence-electron chi connectivity index (χ0n) is 15.3. The Bertz CT molecular complexity index is 859. The number of aromatic amines is 1. The summed E-state index contributed by atoms with van der Waals surface area (Å²) in [5.74, 6) is 1.73. The van der Waals surface area contributed by atoms with Crippen LogP contribution in [-0.4, -0.2) is 66.7 Å². The standard InChI is InChI=1S/C17H24N6O3S/c1-10(21-27(25)26)17(24)23-7-11-5-13(6-12(11)8-23)22(2)16-14-3-4-18-15(14)19-9-20-16/h3-4,9-13,21H,5-8H2,1-2H3,(H,25,26)(H,18,19,20)/t10-,11-,12?,13?/m1/s1. The lowest BCUT2D eigenvalue weighted by atomic mass is 10.0. The van der Waals surface area contributed by atoms with Crippen LogP contribution in [0.1, 0.15) is 19.8 Å². The number of rotatable bonds is 5. The molecule has 2 fully saturated rings. The summed E-state index contributed by atoms with van der Waals surface area (Å²) >= 11 is -2.18. The largest absolute Gasteiger partial charge is 0.356 e. The second-order valence-corrected chi connectivity index (χ2v) is 8.26. The van der Waals surface area contributed by atoms with Gasteiger partial charge in [-0.25, -0.2) is 18.9 Å². The minimum absolute atomic E-state index is 0.110. The molecule has 2 aliphatic rings. The summed E-state index contributed by atoms with van der Waals surface area (Å²) in [5, 5.41) is 1.02. The number of nitrogens with zero attached hydrogens (tertiary/aromatic N) is 4. The minimum atomic E-state index is -2.18. The molecule has 4 rings (SSSR count). The van der Waals surface area contributed by atoms with Gasteiger partial charge < -0.3 is 14.8 Å². The van der Waals surface area contributed by atoms with E-state index in [0.29, 0.717) is 31.0 Å². The molecule has 1 amide bonds. The van der Waals surface area contributed by atoms with E-state index in [1.54, 1.807) is 13.3 Å². The Labute approximate surface area is 160 Å². The second kappa shape index (κ2) is 7.17. The minimum Gasteiger partial charge on any atom is -0.356 e. The van der Waals surface area contributed by atoms with Gasteiger partial charge >= 0.3 is 0 Å². The van der Waals surface area contributed by atoms with Crippen molar-refractivity contribution in [2.75, 3.05) is 25.0 Å². The van der Waals surface area contributed by atoms with Crippen LogP contribution in [0.15, 0.2) is 18.6 Å². The molecule has 10 heteroatoms. The lowest BCUT2D eigenvalue weighted by Gasteiger charge is -2.28. The van der Waals surface area contributed by atoms with Crippen molar-refractivity contribution in [2.24, 2.45) is 11.8 Å². The number of aromatic nitrogens is 3. The van der Waals surface area contributed by atoms with Crippen molar-refractivity contribution >= 4 is 34.0 Å². The van der Waals surface area contributed by atoms with Gasteiger partial charge in [-0.15, -0.1) is 0 Å². The molecule has 9 nitrogen and oxygen atoms in total. The Kier molecular flexibility index (Phi) is 4.87. The van der Waals surface area contributed by atoms with Gasteiger partial charge in [0.15, 0.2) is 0 Å². The molecule has 3 unspecified atom stereocenters. The smallest absolute Gasteiger partial charge is 0.240 e. The zero-order chi connectivity index (χ0) is 19.1. The van der Waals surface area contributed by atoms with E-state index >= 15 is 0 Å². The number of anilines is 1. The number of H-pyrrole nitrogens is 1. The highest BCUT2D eigenvalue weighted by Crippen LogP contribution is 2.41. The highest BCUT2D eigenvalue weighted by atomic mass is 32.2. The first-order valence-electron chi connectivity index (χ1n) is 9.10. The molecule has 1 saturated heterocycles. The van der Waals surface area contributed by atoms with Crippen molar-refractivity contribution in [1.82, 2.24) is 24.6 Å². The van der Waals surface area contributed by atoms with Crippen molar-refractivity contribution in [2.45, 2.75) is 31.8 Å². The van der Waals surface area contributed by atoms with Gasteiger partial charge in [0, 0.05) is 32.4 Å². The molecule has 0 spiro atoms. The van der Waals surface area contributed by atoms with Crippen molar-refractivity contribution < 1.29 is 13.6 Å². The average molecular weight is 392 g/mol. The number of hydrogen-bond acceptors (Lipinski definition) is 5. The van der Waals surface area contributed by atoms with Crippen molar-refractivity contribution in [3.8, 4) is 0 Å². The molecule has 2 aromatic heterocycles. The van der Waals surface area contributed by atoms with E-state index in [2.05, 4.69) is 31.6 Å². The number of carbonyl (C=O) groups excluding carboxylic acids is 1. The molecule has 3 heterocycles. The van der Waals surface area contributed by atoms with Crippen LogP contribution in [0.5, 0.6) is 0 Å². The Morgan fingerprint density at radius 1 is 1.41 bits per heavy atom. The summed E-state index contributed by atoms with van der Waals surface area (Å²) in [6, 6.07) is 1.72. The summed E-state index contributed by atoms with van der Waals surface area (Å²) in [6.07, 6.45) is 5.47. The van der Waals surface area contributed by atoms with Crippen LogP contribution >= 0.6 is 0 Å². The van der Waals surface area contributed by atoms with Gasteiger partial charge in [0.25, 0.3) is 0 Å². The molecule has 1 aliphatic heterocycles. The molecule has 146 valence electrons. The zero-order valence-corrected chi connectivity index (χ0v) is 16.1. The third kappa shape index (κ3) is 3.44. The number of amides is 1. The maximum atomic E-state index is 12.5. The quantitative estimate of drug-likeness (QED) is 0.647. The predicted octanol–water partition coefficient (Wildman–Crippen LogP) is 0.746. The number of hydrogen-bond donors (Lipinski definition) is 3. The van der Waals surface area contributed by atoms with E-state index in [9.17, 15) is 9.00 Å².